The molecule has 2 atom stereocenters. The van der Waals surface area contributed by atoms with Gasteiger partial charge in [0.2, 0.25) is 0 Å². The second-order valence-corrected chi connectivity index (χ2v) is 4.64. The molecule has 2 rings (SSSR count). The number of nitrogens with zero attached hydrogens (tertiary/aromatic N) is 3. The molecule has 0 amide bonds. The van der Waals surface area contributed by atoms with E-state index >= 15 is 0 Å². The zero-order valence-corrected chi connectivity index (χ0v) is 10.3. The van der Waals surface area contributed by atoms with E-state index in [0.717, 1.165) is 4.47 Å². The predicted molar refractivity (Wildman–Crippen MR) is 62.5 cm³/mol. The van der Waals surface area contributed by atoms with E-state index in [1.807, 2.05) is 0 Å². The van der Waals surface area contributed by atoms with Gasteiger partial charge in [-0.05, 0) is 17.7 Å². The van der Waals surface area contributed by atoms with Gasteiger partial charge in [-0.25, -0.2) is 0 Å². The summed E-state index contributed by atoms with van der Waals surface area (Å²) in [5.74, 6) is 0.454. The monoisotopic (exact) mass is 303 g/mol. The number of rotatable bonds is 2. The first kappa shape index (κ1) is 11.5. The maximum Gasteiger partial charge on any atom is 0.144 e. The predicted octanol–water partition coefficient (Wildman–Crippen LogP) is 3.21. The van der Waals surface area contributed by atoms with Crippen molar-refractivity contribution in [3.8, 4) is 5.75 Å². The lowest BCUT2D eigenvalue weighted by molar-refractivity contribution is 0.0732. The van der Waals surface area contributed by atoms with Crippen LogP contribution in [0.25, 0.3) is 10.4 Å². The molecule has 0 radical (unpaired) electrons. The average Bonchev–Trinajstić information content (AvgIpc) is 2.54. The first-order chi connectivity index (χ1) is 7.63. The Balaban J connectivity index is 2.34. The third kappa shape index (κ3) is 1.97. The van der Waals surface area contributed by atoms with E-state index in [1.165, 1.54) is 0 Å². The molecule has 0 bridgehead atoms. The molecule has 2 unspecified atom stereocenters. The van der Waals surface area contributed by atoms with Gasteiger partial charge in [-0.3, -0.25) is 0 Å². The molecule has 16 heavy (non-hydrogen) atoms. The Kier molecular flexibility index (Phi) is 3.25. The van der Waals surface area contributed by atoms with E-state index < -0.39 is 12.2 Å². The number of ether oxygens (including phenoxy) is 1. The van der Waals surface area contributed by atoms with Crippen LogP contribution in [0, 0.1) is 0 Å². The van der Waals surface area contributed by atoms with Crippen molar-refractivity contribution in [1.82, 2.24) is 0 Å². The van der Waals surface area contributed by atoms with Crippen LogP contribution in [0.4, 0.5) is 0 Å². The van der Waals surface area contributed by atoms with Gasteiger partial charge in [0.15, 0.2) is 0 Å². The van der Waals surface area contributed by atoms with E-state index in [4.69, 9.17) is 21.9 Å². The van der Waals surface area contributed by atoms with Crippen molar-refractivity contribution >= 4 is 27.5 Å². The maximum absolute atomic E-state index is 9.93. The Hall–Kier alpha value is -0.940. The lowest BCUT2D eigenvalue weighted by Crippen LogP contribution is -2.21. The summed E-state index contributed by atoms with van der Waals surface area (Å²) in [6.45, 7) is 0.0697. The van der Waals surface area contributed by atoms with Crippen LogP contribution < -0.4 is 4.74 Å². The molecule has 1 aliphatic heterocycles. The number of fused-ring (bicyclic) bond motifs is 1. The average molecular weight is 305 g/mol. The van der Waals surface area contributed by atoms with E-state index in [2.05, 4.69) is 26.0 Å². The fourth-order valence-corrected chi connectivity index (χ4v) is 2.47. The highest BCUT2D eigenvalue weighted by atomic mass is 79.9. The minimum absolute atomic E-state index is 0.0697. The quantitative estimate of drug-likeness (QED) is 0.517. The van der Waals surface area contributed by atoms with Gasteiger partial charge in [0.1, 0.15) is 18.0 Å². The van der Waals surface area contributed by atoms with Crippen molar-refractivity contribution in [2.45, 2.75) is 12.2 Å². The molecular formula is C9H7BrClN3O2. The molecule has 1 heterocycles. The highest BCUT2D eigenvalue weighted by Crippen LogP contribution is 2.43. The molecule has 5 nitrogen and oxygen atoms in total. The number of aliphatic hydroxyl groups is 1. The van der Waals surface area contributed by atoms with Crippen molar-refractivity contribution in [3.63, 3.8) is 0 Å². The largest absolute Gasteiger partial charge is 0.485 e. The Morgan fingerprint density at radius 3 is 3.06 bits per heavy atom. The summed E-state index contributed by atoms with van der Waals surface area (Å²) in [5, 5.41) is 13.7. The molecule has 1 aromatic carbocycles. The fourth-order valence-electron chi connectivity index (χ4n) is 1.59. The van der Waals surface area contributed by atoms with Crippen LogP contribution in [0.5, 0.6) is 5.75 Å². The lowest BCUT2D eigenvalue weighted by Gasteiger charge is -2.10. The molecule has 1 aromatic rings. The van der Waals surface area contributed by atoms with Crippen LogP contribution in [0.3, 0.4) is 0 Å². The lowest BCUT2D eigenvalue weighted by atomic mass is 10.1. The van der Waals surface area contributed by atoms with Gasteiger partial charge >= 0.3 is 0 Å². The molecule has 84 valence electrons. The third-order valence-electron chi connectivity index (χ3n) is 2.30. The second kappa shape index (κ2) is 4.51. The van der Waals surface area contributed by atoms with Crippen LogP contribution in [-0.4, -0.2) is 17.8 Å². The van der Waals surface area contributed by atoms with Gasteiger partial charge in [0.05, 0.1) is 11.6 Å². The van der Waals surface area contributed by atoms with Crippen molar-refractivity contribution in [1.29, 1.82) is 0 Å². The summed E-state index contributed by atoms with van der Waals surface area (Å²) in [4.78, 5) is 2.63. The summed E-state index contributed by atoms with van der Waals surface area (Å²) in [6.07, 6.45) is -1.40. The zero-order valence-electron chi connectivity index (χ0n) is 7.97. The van der Waals surface area contributed by atoms with Crippen LogP contribution in [0.15, 0.2) is 21.7 Å². The minimum Gasteiger partial charge on any atom is -0.485 e. The molecule has 1 aliphatic rings. The van der Waals surface area contributed by atoms with Gasteiger partial charge in [-0.1, -0.05) is 32.6 Å². The molecule has 0 saturated heterocycles. The smallest absolute Gasteiger partial charge is 0.144 e. The van der Waals surface area contributed by atoms with Crippen LogP contribution >= 0.6 is 27.5 Å². The maximum atomic E-state index is 9.93. The molecule has 0 fully saturated rings. The van der Waals surface area contributed by atoms with Gasteiger partial charge in [-0.15, -0.1) is 0 Å². The van der Waals surface area contributed by atoms with Crippen molar-refractivity contribution < 1.29 is 9.84 Å². The second-order valence-electron chi connectivity index (χ2n) is 3.32. The van der Waals surface area contributed by atoms with Crippen LogP contribution in [-0.2, 0) is 0 Å². The van der Waals surface area contributed by atoms with E-state index in [0.29, 0.717) is 16.3 Å². The highest BCUT2D eigenvalue weighted by Gasteiger charge is 2.34. The Morgan fingerprint density at radius 2 is 2.38 bits per heavy atom. The normalized spacial score (nSPS) is 22.2. The van der Waals surface area contributed by atoms with E-state index in [9.17, 15) is 5.11 Å². The summed E-state index contributed by atoms with van der Waals surface area (Å²) in [5.41, 5.74) is 8.82. The van der Waals surface area contributed by atoms with Crippen LogP contribution in [0.1, 0.15) is 11.7 Å². The molecule has 0 saturated carbocycles. The number of hydrogen-bond donors (Lipinski definition) is 1. The summed E-state index contributed by atoms with van der Waals surface area (Å²) < 4.78 is 6.21. The molecule has 1 N–H and O–H groups in total. The Morgan fingerprint density at radius 1 is 1.62 bits per heavy atom. The molecule has 0 aromatic heterocycles. The van der Waals surface area contributed by atoms with Crippen molar-refractivity contribution in [3.05, 3.63) is 37.6 Å². The third-order valence-corrected chi connectivity index (χ3v) is 3.04. The van der Waals surface area contributed by atoms with Crippen LogP contribution in [0.2, 0.25) is 5.02 Å². The fraction of sp³-hybridized carbons (Fsp3) is 0.333. The molecule has 7 heteroatoms. The standard InChI is InChI=1S/C9H7BrClN3O2/c10-4-1-5-8(15)7(3-13-14-12)16-9(5)6(11)2-4/h1-2,7-8,15H,3H2. The first-order valence-corrected chi connectivity index (χ1v) is 5.65. The number of halogens is 2. The summed E-state index contributed by atoms with van der Waals surface area (Å²) >= 11 is 9.25. The van der Waals surface area contributed by atoms with Gasteiger partial charge in [-0.2, -0.15) is 0 Å². The first-order valence-electron chi connectivity index (χ1n) is 4.48. The summed E-state index contributed by atoms with van der Waals surface area (Å²) in [7, 11) is 0. The summed E-state index contributed by atoms with van der Waals surface area (Å²) in [6, 6.07) is 3.42. The van der Waals surface area contributed by atoms with Crippen molar-refractivity contribution in [2.24, 2.45) is 5.11 Å². The van der Waals surface area contributed by atoms with Gasteiger partial charge < -0.3 is 9.84 Å². The molecular weight excluding hydrogens is 297 g/mol. The Labute approximate surface area is 105 Å². The van der Waals surface area contributed by atoms with Crippen molar-refractivity contribution in [2.75, 3.05) is 6.54 Å². The molecule has 0 aliphatic carbocycles. The SMILES string of the molecule is [N-]=[N+]=NCC1Oc2c(Cl)cc(Br)cc2C1O. The van der Waals surface area contributed by atoms with E-state index in [1.54, 1.807) is 12.1 Å². The number of benzene rings is 1. The zero-order chi connectivity index (χ0) is 11.7. The highest BCUT2D eigenvalue weighted by molar-refractivity contribution is 9.10. The molecule has 0 spiro atoms. The number of azide groups is 1. The number of aliphatic hydroxyl groups excluding tert-OH is 1. The van der Waals surface area contributed by atoms with Gasteiger partial charge in [0.25, 0.3) is 0 Å². The number of hydrogen-bond acceptors (Lipinski definition) is 3. The topological polar surface area (TPSA) is 78.2 Å². The van der Waals surface area contributed by atoms with Gasteiger partial charge in [0, 0.05) is 14.9 Å². The minimum atomic E-state index is -0.824. The van der Waals surface area contributed by atoms with E-state index in [-0.39, 0.29) is 6.54 Å². The Bertz CT molecular complexity index is 476.